The molecule has 0 aliphatic heterocycles. The molecule has 1 N–H and O–H groups in total. The van der Waals surface area contributed by atoms with Crippen LogP contribution in [-0.2, 0) is 26.1 Å². The summed E-state index contributed by atoms with van der Waals surface area (Å²) in [5.41, 5.74) is 2.57. The number of nitrogens with one attached hydrogen (secondary N) is 1. The highest BCUT2D eigenvalue weighted by Gasteiger charge is 2.17. The predicted molar refractivity (Wildman–Crippen MR) is 122 cm³/mol. The number of rotatable bonds is 8. The lowest BCUT2D eigenvalue weighted by atomic mass is 10.2. The molecular formula is C24H24N2O5S. The summed E-state index contributed by atoms with van der Waals surface area (Å²) >= 11 is 0. The minimum absolute atomic E-state index is 0.00768. The number of aryl methyl sites for hydroxylation is 1. The smallest absolute Gasteiger partial charge is 0.338 e. The number of benzene rings is 3. The highest BCUT2D eigenvalue weighted by atomic mass is 32.2. The number of hydrogen-bond donors (Lipinski definition) is 1. The van der Waals surface area contributed by atoms with Gasteiger partial charge in [-0.1, -0.05) is 48.0 Å². The van der Waals surface area contributed by atoms with Crippen LogP contribution in [0.15, 0.2) is 83.8 Å². The van der Waals surface area contributed by atoms with Crippen LogP contribution in [0.3, 0.4) is 0 Å². The first-order valence-electron chi connectivity index (χ1n) is 9.89. The normalized spacial score (nSPS) is 10.9. The number of anilines is 1. The highest BCUT2D eigenvalue weighted by molar-refractivity contribution is 7.92. The zero-order valence-corrected chi connectivity index (χ0v) is 18.6. The summed E-state index contributed by atoms with van der Waals surface area (Å²) in [6, 6.07) is 21.7. The molecule has 0 atom stereocenters. The second kappa shape index (κ2) is 10.1. The van der Waals surface area contributed by atoms with Gasteiger partial charge in [-0.2, -0.15) is 0 Å². The number of nitrogens with zero attached hydrogens (tertiary/aromatic N) is 1. The van der Waals surface area contributed by atoms with Gasteiger partial charge in [-0.15, -0.1) is 0 Å². The Bertz CT molecular complexity index is 1180. The molecule has 32 heavy (non-hydrogen) atoms. The topological polar surface area (TPSA) is 92.8 Å². The zero-order valence-electron chi connectivity index (χ0n) is 17.8. The second-order valence-corrected chi connectivity index (χ2v) is 8.99. The molecule has 166 valence electrons. The van der Waals surface area contributed by atoms with E-state index < -0.39 is 22.6 Å². The van der Waals surface area contributed by atoms with Crippen molar-refractivity contribution in [2.24, 2.45) is 0 Å². The maximum Gasteiger partial charge on any atom is 0.338 e. The molecule has 0 bridgehead atoms. The SMILES string of the molecule is Cc1ccc(NS(=O)(=O)c2ccc(C(=O)OCC(=O)N(C)Cc3ccccc3)cc2)cc1. The number of ether oxygens (including phenoxy) is 1. The minimum Gasteiger partial charge on any atom is -0.452 e. The molecule has 0 aliphatic carbocycles. The third-order valence-electron chi connectivity index (χ3n) is 4.72. The van der Waals surface area contributed by atoms with Crippen LogP contribution in [0.5, 0.6) is 0 Å². The van der Waals surface area contributed by atoms with Gasteiger partial charge in [-0.05, 0) is 48.9 Å². The molecule has 0 aromatic heterocycles. The van der Waals surface area contributed by atoms with Crippen molar-refractivity contribution in [3.63, 3.8) is 0 Å². The number of carbonyl (C=O) groups excluding carboxylic acids is 2. The summed E-state index contributed by atoms with van der Waals surface area (Å²) in [5, 5.41) is 0. The standard InChI is InChI=1S/C24H24N2O5S/c1-18-8-12-21(13-9-18)25-32(29,30)22-14-10-20(11-15-22)24(28)31-17-23(27)26(2)16-19-6-4-3-5-7-19/h3-15,25H,16-17H2,1-2H3. The van der Waals surface area contributed by atoms with Gasteiger partial charge in [0.1, 0.15) is 0 Å². The van der Waals surface area contributed by atoms with Crippen molar-refractivity contribution in [1.29, 1.82) is 0 Å². The molecule has 0 spiro atoms. The number of esters is 1. The van der Waals surface area contributed by atoms with E-state index in [-0.39, 0.29) is 16.4 Å². The van der Waals surface area contributed by atoms with E-state index in [0.29, 0.717) is 12.2 Å². The van der Waals surface area contributed by atoms with E-state index in [1.807, 2.05) is 37.3 Å². The van der Waals surface area contributed by atoms with Crippen molar-refractivity contribution in [3.8, 4) is 0 Å². The molecule has 3 aromatic carbocycles. The molecule has 0 heterocycles. The van der Waals surface area contributed by atoms with Crippen LogP contribution in [0, 0.1) is 6.92 Å². The Balaban J connectivity index is 1.56. The molecule has 0 radical (unpaired) electrons. The molecule has 0 aliphatic rings. The first-order valence-corrected chi connectivity index (χ1v) is 11.4. The van der Waals surface area contributed by atoms with Gasteiger partial charge in [-0.25, -0.2) is 13.2 Å². The van der Waals surface area contributed by atoms with E-state index in [9.17, 15) is 18.0 Å². The number of amides is 1. The molecule has 0 unspecified atom stereocenters. The van der Waals surface area contributed by atoms with Crippen LogP contribution in [-0.4, -0.2) is 38.8 Å². The lowest BCUT2D eigenvalue weighted by Gasteiger charge is -2.17. The van der Waals surface area contributed by atoms with Crippen LogP contribution >= 0.6 is 0 Å². The summed E-state index contributed by atoms with van der Waals surface area (Å²) in [6.45, 7) is 1.90. The van der Waals surface area contributed by atoms with Gasteiger partial charge in [0, 0.05) is 19.3 Å². The van der Waals surface area contributed by atoms with Crippen molar-refractivity contribution >= 4 is 27.6 Å². The van der Waals surface area contributed by atoms with Crippen molar-refractivity contribution in [1.82, 2.24) is 4.90 Å². The predicted octanol–water partition coefficient (Wildman–Crippen LogP) is 3.61. The fourth-order valence-corrected chi connectivity index (χ4v) is 3.93. The maximum absolute atomic E-state index is 12.5. The van der Waals surface area contributed by atoms with Crippen molar-refractivity contribution in [2.75, 3.05) is 18.4 Å². The fourth-order valence-electron chi connectivity index (χ4n) is 2.87. The summed E-state index contributed by atoms with van der Waals surface area (Å²) in [6.07, 6.45) is 0. The number of hydrogen-bond acceptors (Lipinski definition) is 5. The van der Waals surface area contributed by atoms with Crippen LogP contribution in [0.4, 0.5) is 5.69 Å². The van der Waals surface area contributed by atoms with Crippen LogP contribution in [0.2, 0.25) is 0 Å². The van der Waals surface area contributed by atoms with Crippen LogP contribution in [0.1, 0.15) is 21.5 Å². The number of carbonyl (C=O) groups is 2. The minimum atomic E-state index is -3.80. The van der Waals surface area contributed by atoms with Crippen molar-refractivity contribution in [2.45, 2.75) is 18.4 Å². The lowest BCUT2D eigenvalue weighted by Crippen LogP contribution is -2.30. The Labute approximate surface area is 187 Å². The van der Waals surface area contributed by atoms with Crippen LogP contribution < -0.4 is 4.72 Å². The molecule has 7 nitrogen and oxygen atoms in total. The third kappa shape index (κ3) is 6.18. The largest absolute Gasteiger partial charge is 0.452 e. The molecule has 3 aromatic rings. The van der Waals surface area contributed by atoms with E-state index in [0.717, 1.165) is 11.1 Å². The number of sulfonamides is 1. The highest BCUT2D eigenvalue weighted by Crippen LogP contribution is 2.17. The van der Waals surface area contributed by atoms with Gasteiger partial charge in [0.2, 0.25) is 0 Å². The zero-order chi connectivity index (χ0) is 23.1. The Morgan fingerprint density at radius 3 is 2.16 bits per heavy atom. The van der Waals surface area contributed by atoms with E-state index >= 15 is 0 Å². The quantitative estimate of drug-likeness (QED) is 0.527. The summed E-state index contributed by atoms with van der Waals surface area (Å²) in [4.78, 5) is 26.0. The van der Waals surface area contributed by atoms with Crippen LogP contribution in [0.25, 0.3) is 0 Å². The maximum atomic E-state index is 12.5. The van der Waals surface area contributed by atoms with E-state index in [4.69, 9.17) is 4.74 Å². The second-order valence-electron chi connectivity index (χ2n) is 7.31. The van der Waals surface area contributed by atoms with Gasteiger partial charge >= 0.3 is 5.97 Å². The fraction of sp³-hybridized carbons (Fsp3) is 0.167. The van der Waals surface area contributed by atoms with Crippen molar-refractivity contribution < 1.29 is 22.7 Å². The summed E-state index contributed by atoms with van der Waals surface area (Å²) in [5.74, 6) is -1.05. The number of likely N-dealkylation sites (N-methyl/N-ethyl adjacent to an activating group) is 1. The first kappa shape index (κ1) is 23.0. The summed E-state index contributed by atoms with van der Waals surface area (Å²) in [7, 11) is -2.17. The average molecular weight is 453 g/mol. The van der Waals surface area contributed by atoms with Gasteiger partial charge < -0.3 is 9.64 Å². The Hall–Kier alpha value is -3.65. The Morgan fingerprint density at radius 2 is 1.53 bits per heavy atom. The average Bonchev–Trinajstić information content (AvgIpc) is 2.79. The van der Waals surface area contributed by atoms with E-state index in [1.165, 1.54) is 29.2 Å². The summed E-state index contributed by atoms with van der Waals surface area (Å²) < 4.78 is 32.6. The first-order chi connectivity index (χ1) is 15.2. The van der Waals surface area contributed by atoms with Gasteiger partial charge in [-0.3, -0.25) is 9.52 Å². The molecule has 8 heteroatoms. The van der Waals surface area contributed by atoms with Gasteiger partial charge in [0.15, 0.2) is 6.61 Å². The third-order valence-corrected chi connectivity index (χ3v) is 6.12. The monoisotopic (exact) mass is 452 g/mol. The Morgan fingerprint density at radius 1 is 0.906 bits per heavy atom. The molecule has 3 rings (SSSR count). The molecular weight excluding hydrogens is 428 g/mol. The van der Waals surface area contributed by atoms with E-state index in [2.05, 4.69) is 4.72 Å². The van der Waals surface area contributed by atoms with Gasteiger partial charge in [0.25, 0.3) is 15.9 Å². The molecule has 1 amide bonds. The molecule has 0 fully saturated rings. The van der Waals surface area contributed by atoms with Crippen molar-refractivity contribution in [3.05, 3.63) is 95.6 Å². The Kier molecular flexibility index (Phi) is 7.27. The van der Waals surface area contributed by atoms with E-state index in [1.54, 1.807) is 31.3 Å². The molecule has 0 saturated carbocycles. The van der Waals surface area contributed by atoms with Gasteiger partial charge in [0.05, 0.1) is 10.5 Å². The lowest BCUT2D eigenvalue weighted by molar-refractivity contribution is -0.133. The molecule has 0 saturated heterocycles.